The molecule has 1 amide bonds. The van der Waals surface area contributed by atoms with E-state index in [2.05, 4.69) is 0 Å². The van der Waals surface area contributed by atoms with Gasteiger partial charge in [-0.25, -0.2) is 0 Å². The van der Waals surface area contributed by atoms with Crippen molar-refractivity contribution in [1.29, 1.82) is 0 Å². The summed E-state index contributed by atoms with van der Waals surface area (Å²) in [6, 6.07) is 12.6. The van der Waals surface area contributed by atoms with Crippen LogP contribution in [0.25, 0.3) is 10.9 Å². The van der Waals surface area contributed by atoms with Gasteiger partial charge in [-0.2, -0.15) is 0 Å². The lowest BCUT2D eigenvalue weighted by molar-refractivity contribution is -0.137. The number of carbonyl (C=O) groups is 2. The molecular weight excluding hydrogens is 387 g/mol. The van der Waals surface area contributed by atoms with Crippen LogP contribution in [-0.4, -0.2) is 33.0 Å². The van der Waals surface area contributed by atoms with Gasteiger partial charge in [0.25, 0.3) is 5.91 Å². The van der Waals surface area contributed by atoms with Gasteiger partial charge in [-0.3, -0.25) is 9.59 Å². The molecule has 1 aromatic heterocycles. The Kier molecular flexibility index (Phi) is 4.58. The fraction of sp³-hybridized carbons (Fsp3) is 0.200. The molecular formula is C20H16Cl2N2O3. The molecule has 0 unspecified atom stereocenters. The van der Waals surface area contributed by atoms with Gasteiger partial charge < -0.3 is 14.6 Å². The summed E-state index contributed by atoms with van der Waals surface area (Å²) in [5.41, 5.74) is 3.21. The van der Waals surface area contributed by atoms with Gasteiger partial charge in [-0.1, -0.05) is 41.4 Å². The molecule has 1 N–H and O–H groups in total. The summed E-state index contributed by atoms with van der Waals surface area (Å²) in [5, 5.41) is 10.9. The number of aliphatic carboxylic acids is 1. The van der Waals surface area contributed by atoms with Gasteiger partial charge in [0.1, 0.15) is 6.54 Å². The summed E-state index contributed by atoms with van der Waals surface area (Å²) in [4.78, 5) is 26.0. The SMILES string of the molecule is O=C(O)Cn1c2c(c3cc(Cl)c(Cl)cc31)CN(C(=O)c1ccccc1)CC2. The quantitative estimate of drug-likeness (QED) is 0.712. The molecule has 0 spiro atoms. The summed E-state index contributed by atoms with van der Waals surface area (Å²) in [6.45, 7) is 0.776. The van der Waals surface area contributed by atoms with Crippen molar-refractivity contribution >= 4 is 46.0 Å². The van der Waals surface area contributed by atoms with Crippen LogP contribution < -0.4 is 0 Å². The van der Waals surface area contributed by atoms with Crippen molar-refractivity contribution in [2.24, 2.45) is 0 Å². The van der Waals surface area contributed by atoms with Crippen LogP contribution in [-0.2, 0) is 24.3 Å². The van der Waals surface area contributed by atoms with Crippen LogP contribution in [0.1, 0.15) is 21.6 Å². The minimum Gasteiger partial charge on any atom is -0.480 e. The van der Waals surface area contributed by atoms with Crippen LogP contribution in [0.4, 0.5) is 0 Å². The lowest BCUT2D eigenvalue weighted by atomic mass is 10.0. The smallest absolute Gasteiger partial charge is 0.323 e. The lowest BCUT2D eigenvalue weighted by Crippen LogP contribution is -2.36. The van der Waals surface area contributed by atoms with Gasteiger partial charge in [-0.15, -0.1) is 0 Å². The zero-order chi connectivity index (χ0) is 19.1. The molecule has 2 aromatic carbocycles. The Bertz CT molecular complexity index is 1060. The summed E-state index contributed by atoms with van der Waals surface area (Å²) < 4.78 is 1.76. The van der Waals surface area contributed by atoms with Crippen molar-refractivity contribution < 1.29 is 14.7 Å². The summed E-state index contributed by atoms with van der Waals surface area (Å²) >= 11 is 12.4. The van der Waals surface area contributed by atoms with Crippen LogP contribution in [0, 0.1) is 0 Å². The second-order valence-corrected chi connectivity index (χ2v) is 7.35. The molecule has 7 heteroatoms. The predicted molar refractivity (Wildman–Crippen MR) is 104 cm³/mol. The molecule has 0 saturated carbocycles. The molecule has 2 heterocycles. The molecule has 138 valence electrons. The van der Waals surface area contributed by atoms with Crippen LogP contribution in [0.5, 0.6) is 0 Å². The van der Waals surface area contributed by atoms with Crippen molar-refractivity contribution in [1.82, 2.24) is 9.47 Å². The fourth-order valence-electron chi connectivity index (χ4n) is 3.69. The Labute approximate surface area is 165 Å². The topological polar surface area (TPSA) is 62.5 Å². The fourth-order valence-corrected chi connectivity index (χ4v) is 4.01. The Morgan fingerprint density at radius 3 is 2.48 bits per heavy atom. The summed E-state index contributed by atoms with van der Waals surface area (Å²) in [6.07, 6.45) is 0.575. The number of amides is 1. The number of nitrogens with zero attached hydrogens (tertiary/aromatic N) is 2. The number of fused-ring (bicyclic) bond motifs is 3. The second kappa shape index (κ2) is 6.91. The van der Waals surface area contributed by atoms with E-state index in [1.807, 2.05) is 18.2 Å². The Balaban J connectivity index is 1.79. The molecule has 0 fully saturated rings. The molecule has 0 radical (unpaired) electrons. The first kappa shape index (κ1) is 17.9. The van der Waals surface area contributed by atoms with E-state index in [1.54, 1.807) is 33.7 Å². The van der Waals surface area contributed by atoms with E-state index in [-0.39, 0.29) is 12.5 Å². The first-order valence-electron chi connectivity index (χ1n) is 8.51. The maximum absolute atomic E-state index is 12.8. The number of carbonyl (C=O) groups excluding carboxylic acids is 1. The van der Waals surface area contributed by atoms with Crippen LogP contribution in [0.15, 0.2) is 42.5 Å². The third-order valence-electron chi connectivity index (χ3n) is 4.90. The first-order valence-corrected chi connectivity index (χ1v) is 9.26. The normalized spacial score (nSPS) is 13.6. The highest BCUT2D eigenvalue weighted by Crippen LogP contribution is 2.36. The van der Waals surface area contributed by atoms with E-state index in [0.29, 0.717) is 35.1 Å². The molecule has 0 aliphatic carbocycles. The first-order chi connectivity index (χ1) is 13.0. The Morgan fingerprint density at radius 2 is 1.78 bits per heavy atom. The Hall–Kier alpha value is -2.50. The van der Waals surface area contributed by atoms with Crippen LogP contribution in [0.3, 0.4) is 0 Å². The van der Waals surface area contributed by atoms with Crippen molar-refractivity contribution in [3.63, 3.8) is 0 Å². The number of halogens is 2. The number of hydrogen-bond acceptors (Lipinski definition) is 2. The predicted octanol–water partition coefficient (Wildman–Crippen LogP) is 4.23. The molecule has 0 saturated heterocycles. The molecule has 0 atom stereocenters. The van der Waals surface area contributed by atoms with E-state index >= 15 is 0 Å². The highest BCUT2D eigenvalue weighted by atomic mass is 35.5. The molecule has 27 heavy (non-hydrogen) atoms. The number of carboxylic acid groups (broad SMARTS) is 1. The van der Waals surface area contributed by atoms with Gasteiger partial charge in [0.05, 0.1) is 15.6 Å². The zero-order valence-corrected chi connectivity index (χ0v) is 15.8. The van der Waals surface area contributed by atoms with Crippen molar-refractivity contribution in [2.75, 3.05) is 6.54 Å². The number of rotatable bonds is 3. The van der Waals surface area contributed by atoms with E-state index in [1.165, 1.54) is 0 Å². The minimum atomic E-state index is -0.927. The number of benzene rings is 2. The van der Waals surface area contributed by atoms with E-state index in [9.17, 15) is 14.7 Å². The third-order valence-corrected chi connectivity index (χ3v) is 5.62. The highest BCUT2D eigenvalue weighted by molar-refractivity contribution is 6.42. The standard InChI is InChI=1S/C20H16Cl2N2O3/c21-15-8-13-14-10-23(20(27)12-4-2-1-3-5-12)7-6-17(14)24(11-19(25)26)18(13)9-16(15)22/h1-5,8-9H,6-7,10-11H2,(H,25,26). The molecule has 4 rings (SSSR count). The van der Waals surface area contributed by atoms with Gasteiger partial charge in [0.15, 0.2) is 0 Å². The number of carboxylic acids is 1. The number of aromatic nitrogens is 1. The monoisotopic (exact) mass is 402 g/mol. The third kappa shape index (κ3) is 3.17. The molecule has 0 bridgehead atoms. The van der Waals surface area contributed by atoms with E-state index in [0.717, 1.165) is 22.2 Å². The van der Waals surface area contributed by atoms with E-state index < -0.39 is 5.97 Å². The minimum absolute atomic E-state index is 0.0413. The summed E-state index contributed by atoms with van der Waals surface area (Å²) in [7, 11) is 0. The van der Waals surface area contributed by atoms with Crippen LogP contribution >= 0.6 is 23.2 Å². The summed E-state index contributed by atoms with van der Waals surface area (Å²) in [5.74, 6) is -0.969. The highest BCUT2D eigenvalue weighted by Gasteiger charge is 2.28. The Morgan fingerprint density at radius 1 is 1.07 bits per heavy atom. The van der Waals surface area contributed by atoms with Gasteiger partial charge >= 0.3 is 5.97 Å². The van der Waals surface area contributed by atoms with Crippen molar-refractivity contribution in [2.45, 2.75) is 19.5 Å². The van der Waals surface area contributed by atoms with Crippen molar-refractivity contribution in [3.8, 4) is 0 Å². The molecule has 5 nitrogen and oxygen atoms in total. The second-order valence-electron chi connectivity index (χ2n) is 6.53. The molecule has 3 aromatic rings. The van der Waals surface area contributed by atoms with Gasteiger partial charge in [0.2, 0.25) is 0 Å². The van der Waals surface area contributed by atoms with Gasteiger partial charge in [-0.05, 0) is 24.3 Å². The van der Waals surface area contributed by atoms with Gasteiger partial charge in [0, 0.05) is 41.7 Å². The van der Waals surface area contributed by atoms with Crippen LogP contribution in [0.2, 0.25) is 10.0 Å². The maximum atomic E-state index is 12.8. The van der Waals surface area contributed by atoms with Crippen molar-refractivity contribution in [3.05, 3.63) is 69.3 Å². The molecule has 1 aliphatic heterocycles. The average molecular weight is 403 g/mol. The average Bonchev–Trinajstić information content (AvgIpc) is 2.94. The largest absolute Gasteiger partial charge is 0.480 e. The molecule has 1 aliphatic rings. The zero-order valence-electron chi connectivity index (χ0n) is 14.3. The lowest BCUT2D eigenvalue weighted by Gasteiger charge is -2.28. The van der Waals surface area contributed by atoms with E-state index in [4.69, 9.17) is 23.2 Å². The number of hydrogen-bond donors (Lipinski definition) is 1. The maximum Gasteiger partial charge on any atom is 0.323 e.